The summed E-state index contributed by atoms with van der Waals surface area (Å²) in [5, 5.41) is 7.97. The molecule has 146 valence electrons. The number of carbonyl (C=O) groups excluding carboxylic acids is 3. The van der Waals surface area contributed by atoms with E-state index < -0.39 is 11.7 Å². The van der Waals surface area contributed by atoms with Gasteiger partial charge >= 0.3 is 0 Å². The van der Waals surface area contributed by atoms with Gasteiger partial charge in [0, 0.05) is 31.4 Å². The van der Waals surface area contributed by atoms with E-state index in [9.17, 15) is 18.8 Å². The molecule has 3 rings (SSSR count). The molecule has 2 atom stereocenters. The first-order valence-corrected chi connectivity index (χ1v) is 9.02. The largest absolute Gasteiger partial charge is 0.350 e. The zero-order chi connectivity index (χ0) is 20.1. The van der Waals surface area contributed by atoms with Crippen molar-refractivity contribution in [3.05, 3.63) is 59.7 Å². The van der Waals surface area contributed by atoms with Crippen LogP contribution in [0.15, 0.2) is 42.7 Å². The molecule has 28 heavy (non-hydrogen) atoms. The van der Waals surface area contributed by atoms with Crippen molar-refractivity contribution in [1.29, 1.82) is 0 Å². The molecule has 1 aliphatic rings. The lowest BCUT2D eigenvalue weighted by molar-refractivity contribution is -0.117. The molecule has 0 radical (unpaired) electrons. The fraction of sp³-hybridized carbons (Fsp3) is 0.300. The molecule has 2 aromatic rings. The minimum absolute atomic E-state index is 0.0419. The number of halogens is 1. The molecule has 0 bridgehead atoms. The minimum Gasteiger partial charge on any atom is -0.350 e. The lowest BCUT2D eigenvalue weighted by Gasteiger charge is -2.12. The van der Waals surface area contributed by atoms with Crippen molar-refractivity contribution in [2.75, 3.05) is 18.4 Å². The second kappa shape index (κ2) is 8.60. The van der Waals surface area contributed by atoms with Crippen LogP contribution in [0.2, 0.25) is 0 Å². The molecule has 1 fully saturated rings. The van der Waals surface area contributed by atoms with E-state index in [0.29, 0.717) is 11.5 Å². The maximum Gasteiger partial charge on any atom is 0.253 e. The monoisotopic (exact) mass is 384 g/mol. The molecule has 1 heterocycles. The number of anilines is 1. The molecule has 1 saturated carbocycles. The summed E-state index contributed by atoms with van der Waals surface area (Å²) >= 11 is 0. The van der Waals surface area contributed by atoms with Crippen LogP contribution >= 0.6 is 0 Å². The van der Waals surface area contributed by atoms with Crippen LogP contribution in [0.4, 0.5) is 10.1 Å². The third kappa shape index (κ3) is 4.91. The summed E-state index contributed by atoms with van der Waals surface area (Å²) in [5.74, 6) is -1.33. The third-order valence-electron chi connectivity index (χ3n) is 4.55. The van der Waals surface area contributed by atoms with Gasteiger partial charge in [-0.05, 0) is 42.7 Å². The topological polar surface area (TPSA) is 100 Å². The van der Waals surface area contributed by atoms with Gasteiger partial charge in [-0.15, -0.1) is 0 Å². The lowest BCUT2D eigenvalue weighted by atomic mass is 10.1. The Morgan fingerprint density at radius 1 is 1.14 bits per heavy atom. The Hall–Kier alpha value is -3.29. The second-order valence-electron chi connectivity index (χ2n) is 6.75. The van der Waals surface area contributed by atoms with Crippen LogP contribution in [0.1, 0.15) is 34.1 Å². The summed E-state index contributed by atoms with van der Waals surface area (Å²) in [6.07, 6.45) is 3.82. The van der Waals surface area contributed by atoms with Gasteiger partial charge in [0.1, 0.15) is 5.82 Å². The van der Waals surface area contributed by atoms with Crippen LogP contribution in [-0.4, -0.2) is 35.8 Å². The number of amides is 3. The molecular weight excluding hydrogens is 363 g/mol. The van der Waals surface area contributed by atoms with Gasteiger partial charge in [-0.3, -0.25) is 19.4 Å². The van der Waals surface area contributed by atoms with Crippen molar-refractivity contribution >= 4 is 23.4 Å². The van der Waals surface area contributed by atoms with Gasteiger partial charge in [0.15, 0.2) is 0 Å². The predicted molar refractivity (Wildman–Crippen MR) is 101 cm³/mol. The summed E-state index contributed by atoms with van der Waals surface area (Å²) in [5.41, 5.74) is 0.723. The Kier molecular flexibility index (Phi) is 5.98. The summed E-state index contributed by atoms with van der Waals surface area (Å²) in [4.78, 5) is 40.3. The van der Waals surface area contributed by atoms with Crippen molar-refractivity contribution in [3.8, 4) is 0 Å². The Labute approximate surface area is 161 Å². The highest BCUT2D eigenvalue weighted by Gasteiger charge is 2.39. The number of hydrogen-bond donors (Lipinski definition) is 3. The van der Waals surface area contributed by atoms with Crippen LogP contribution in [0, 0.1) is 17.7 Å². The first kappa shape index (κ1) is 19.5. The molecule has 0 aliphatic heterocycles. The summed E-state index contributed by atoms with van der Waals surface area (Å²) in [7, 11) is 0. The van der Waals surface area contributed by atoms with Crippen molar-refractivity contribution in [2.45, 2.75) is 13.3 Å². The number of aromatic nitrogens is 1. The number of nitrogens with zero attached hydrogens (tertiary/aromatic N) is 1. The Morgan fingerprint density at radius 3 is 2.50 bits per heavy atom. The van der Waals surface area contributed by atoms with E-state index in [1.807, 2.05) is 6.92 Å². The molecule has 3 amide bonds. The number of nitrogens with one attached hydrogen (secondary N) is 3. The summed E-state index contributed by atoms with van der Waals surface area (Å²) in [6.45, 7) is 2.31. The van der Waals surface area contributed by atoms with Crippen LogP contribution in [-0.2, 0) is 4.79 Å². The first-order chi connectivity index (χ1) is 13.5. The molecule has 0 spiro atoms. The normalized spacial score (nSPS) is 17.5. The van der Waals surface area contributed by atoms with Gasteiger partial charge in [-0.25, -0.2) is 4.39 Å². The highest BCUT2D eigenvalue weighted by atomic mass is 19.1. The van der Waals surface area contributed by atoms with Crippen molar-refractivity contribution in [3.63, 3.8) is 0 Å². The Morgan fingerprint density at radius 2 is 1.86 bits per heavy atom. The van der Waals surface area contributed by atoms with Gasteiger partial charge in [-0.1, -0.05) is 6.92 Å². The first-order valence-electron chi connectivity index (χ1n) is 9.02. The highest BCUT2D eigenvalue weighted by molar-refractivity contribution is 6.04. The molecule has 1 aromatic heterocycles. The lowest BCUT2D eigenvalue weighted by Crippen LogP contribution is -2.35. The maximum atomic E-state index is 13.6. The van der Waals surface area contributed by atoms with Gasteiger partial charge < -0.3 is 16.0 Å². The Balaban J connectivity index is 1.54. The molecule has 2 unspecified atom stereocenters. The van der Waals surface area contributed by atoms with E-state index in [-0.39, 0.29) is 42.1 Å². The average Bonchev–Trinajstić information content (AvgIpc) is 3.43. The van der Waals surface area contributed by atoms with Crippen LogP contribution in [0.5, 0.6) is 0 Å². The fourth-order valence-electron chi connectivity index (χ4n) is 2.77. The Bertz CT molecular complexity index is 888. The molecule has 1 aromatic carbocycles. The number of hydrogen-bond acceptors (Lipinski definition) is 4. The van der Waals surface area contributed by atoms with E-state index in [4.69, 9.17) is 0 Å². The number of rotatable bonds is 7. The standard InChI is InChI=1S/C20H21FN4O3/c1-12-9-15(12)20(28)25-17-5-4-14(21)10-16(17)19(27)24-8-7-23-18(26)13-3-2-6-22-11-13/h2-6,10-12,15H,7-9H2,1H3,(H,23,26)(H,24,27)(H,25,28). The van der Waals surface area contributed by atoms with Crippen LogP contribution in [0.3, 0.4) is 0 Å². The second-order valence-corrected chi connectivity index (χ2v) is 6.75. The van der Waals surface area contributed by atoms with E-state index in [0.717, 1.165) is 12.5 Å². The van der Waals surface area contributed by atoms with Gasteiger partial charge in [0.05, 0.1) is 16.8 Å². The number of carbonyl (C=O) groups is 3. The van der Waals surface area contributed by atoms with Crippen molar-refractivity contribution < 1.29 is 18.8 Å². The SMILES string of the molecule is CC1CC1C(=O)Nc1ccc(F)cc1C(=O)NCCNC(=O)c1cccnc1. The number of benzene rings is 1. The quantitative estimate of drug-likeness (QED) is 0.636. The fourth-order valence-corrected chi connectivity index (χ4v) is 2.77. The molecule has 8 heteroatoms. The molecule has 0 saturated heterocycles. The van der Waals surface area contributed by atoms with Gasteiger partial charge in [0.25, 0.3) is 11.8 Å². The van der Waals surface area contributed by atoms with E-state index in [1.54, 1.807) is 18.3 Å². The van der Waals surface area contributed by atoms with Crippen LogP contribution in [0.25, 0.3) is 0 Å². The molecule has 3 N–H and O–H groups in total. The van der Waals surface area contributed by atoms with Gasteiger partial charge in [-0.2, -0.15) is 0 Å². The van der Waals surface area contributed by atoms with E-state index >= 15 is 0 Å². The highest BCUT2D eigenvalue weighted by Crippen LogP contribution is 2.38. The smallest absolute Gasteiger partial charge is 0.253 e. The predicted octanol–water partition coefficient (Wildman–Crippen LogP) is 1.97. The molecule has 7 nitrogen and oxygen atoms in total. The van der Waals surface area contributed by atoms with Crippen molar-refractivity contribution in [2.24, 2.45) is 11.8 Å². The molecular formula is C20H21FN4O3. The third-order valence-corrected chi connectivity index (χ3v) is 4.55. The average molecular weight is 384 g/mol. The summed E-state index contributed by atoms with van der Waals surface area (Å²) < 4.78 is 13.6. The molecule has 1 aliphatic carbocycles. The van der Waals surface area contributed by atoms with E-state index in [1.165, 1.54) is 18.3 Å². The summed E-state index contributed by atoms with van der Waals surface area (Å²) in [6, 6.07) is 6.92. The van der Waals surface area contributed by atoms with Crippen molar-refractivity contribution in [1.82, 2.24) is 15.6 Å². The minimum atomic E-state index is -0.576. The van der Waals surface area contributed by atoms with E-state index in [2.05, 4.69) is 20.9 Å². The zero-order valence-corrected chi connectivity index (χ0v) is 15.4. The van der Waals surface area contributed by atoms with Gasteiger partial charge in [0.2, 0.25) is 5.91 Å². The zero-order valence-electron chi connectivity index (χ0n) is 15.4. The maximum absolute atomic E-state index is 13.6. The van der Waals surface area contributed by atoms with Crippen LogP contribution < -0.4 is 16.0 Å². The number of pyridine rings is 1.